The molecule has 0 saturated carbocycles. The fraction of sp³-hybridized carbons (Fsp3) is 0.0952. The molecule has 0 radical (unpaired) electrons. The van der Waals surface area contributed by atoms with Gasteiger partial charge in [-0.15, -0.1) is 0 Å². The first-order valence-corrected chi connectivity index (χ1v) is 9.63. The molecule has 0 fully saturated rings. The van der Waals surface area contributed by atoms with Crippen LogP contribution in [0.1, 0.15) is 10.4 Å². The number of pyridine rings is 1. The number of aromatic nitrogens is 2. The number of hydrogen-bond donors (Lipinski definition) is 2. The molecule has 0 spiro atoms. The Hall–Kier alpha value is -3.45. The van der Waals surface area contributed by atoms with E-state index in [1.54, 1.807) is 18.5 Å². The fourth-order valence-electron chi connectivity index (χ4n) is 2.63. The van der Waals surface area contributed by atoms with E-state index in [4.69, 9.17) is 4.74 Å². The molecule has 2 N–H and O–H groups in total. The van der Waals surface area contributed by atoms with Crippen molar-refractivity contribution < 1.29 is 9.53 Å². The highest BCUT2D eigenvalue weighted by Crippen LogP contribution is 2.28. The summed E-state index contributed by atoms with van der Waals surface area (Å²) in [7, 11) is 0. The standard InChI is InChI=1S/C21H18N4O2S/c26-20(23-12-13-27-17-4-2-1-3-5-17)15-6-7-18-19(14-15)28-21(25-18)24-16-8-10-22-11-9-16/h1-11,14H,12-13H2,(H,23,26)(H,22,24,25). The second kappa shape index (κ2) is 8.49. The molecule has 0 bridgehead atoms. The maximum Gasteiger partial charge on any atom is 0.251 e. The minimum Gasteiger partial charge on any atom is -0.492 e. The monoisotopic (exact) mass is 390 g/mol. The number of thiazole rings is 1. The Morgan fingerprint density at radius 2 is 1.86 bits per heavy atom. The van der Waals surface area contributed by atoms with Gasteiger partial charge in [0, 0.05) is 23.6 Å². The number of nitrogens with one attached hydrogen (secondary N) is 2. The number of anilines is 2. The number of ether oxygens (including phenoxy) is 1. The number of hydrogen-bond acceptors (Lipinski definition) is 6. The van der Waals surface area contributed by atoms with Crippen molar-refractivity contribution in [2.75, 3.05) is 18.5 Å². The summed E-state index contributed by atoms with van der Waals surface area (Å²) in [6, 6.07) is 18.8. The van der Waals surface area contributed by atoms with Crippen molar-refractivity contribution in [1.82, 2.24) is 15.3 Å². The first-order chi connectivity index (χ1) is 13.8. The van der Waals surface area contributed by atoms with Crippen molar-refractivity contribution in [2.45, 2.75) is 0 Å². The fourth-order valence-corrected chi connectivity index (χ4v) is 3.56. The van der Waals surface area contributed by atoms with Crippen molar-refractivity contribution in [3.8, 4) is 5.75 Å². The summed E-state index contributed by atoms with van der Waals surface area (Å²) in [6.45, 7) is 0.849. The highest BCUT2D eigenvalue weighted by molar-refractivity contribution is 7.22. The molecule has 0 aliphatic heterocycles. The van der Waals surface area contributed by atoms with Crippen LogP contribution in [0.15, 0.2) is 73.1 Å². The van der Waals surface area contributed by atoms with Gasteiger partial charge in [0.15, 0.2) is 5.13 Å². The van der Waals surface area contributed by atoms with Gasteiger partial charge in [0.2, 0.25) is 0 Å². The molecule has 6 nitrogen and oxygen atoms in total. The van der Waals surface area contributed by atoms with Gasteiger partial charge >= 0.3 is 0 Å². The van der Waals surface area contributed by atoms with Gasteiger partial charge in [0.1, 0.15) is 12.4 Å². The summed E-state index contributed by atoms with van der Waals surface area (Å²) in [4.78, 5) is 20.9. The zero-order valence-electron chi connectivity index (χ0n) is 15.0. The van der Waals surface area contributed by atoms with Crippen molar-refractivity contribution in [2.24, 2.45) is 0 Å². The number of para-hydroxylation sites is 1. The van der Waals surface area contributed by atoms with Gasteiger partial charge in [0.05, 0.1) is 16.8 Å². The van der Waals surface area contributed by atoms with E-state index >= 15 is 0 Å². The minimum absolute atomic E-state index is 0.129. The highest BCUT2D eigenvalue weighted by atomic mass is 32.1. The third-order valence-electron chi connectivity index (χ3n) is 3.98. The van der Waals surface area contributed by atoms with Gasteiger partial charge in [-0.3, -0.25) is 9.78 Å². The van der Waals surface area contributed by atoms with Crippen LogP contribution in [0, 0.1) is 0 Å². The van der Waals surface area contributed by atoms with Crippen molar-refractivity contribution >= 4 is 38.3 Å². The average Bonchev–Trinajstić information content (AvgIpc) is 3.14. The van der Waals surface area contributed by atoms with Gasteiger partial charge in [-0.2, -0.15) is 0 Å². The highest BCUT2D eigenvalue weighted by Gasteiger charge is 2.09. The molecule has 7 heteroatoms. The topological polar surface area (TPSA) is 76.1 Å². The van der Waals surface area contributed by atoms with Crippen LogP contribution in [0.2, 0.25) is 0 Å². The van der Waals surface area contributed by atoms with Crippen molar-refractivity contribution in [3.05, 3.63) is 78.6 Å². The first kappa shape index (κ1) is 17.9. The van der Waals surface area contributed by atoms with Crippen LogP contribution in [-0.2, 0) is 0 Å². The quantitative estimate of drug-likeness (QED) is 0.462. The van der Waals surface area contributed by atoms with Crippen molar-refractivity contribution in [1.29, 1.82) is 0 Å². The van der Waals surface area contributed by atoms with E-state index in [0.717, 1.165) is 26.8 Å². The summed E-state index contributed by atoms with van der Waals surface area (Å²) < 4.78 is 6.54. The third kappa shape index (κ3) is 4.44. The number of carbonyl (C=O) groups is 1. The zero-order chi connectivity index (χ0) is 19.2. The number of fused-ring (bicyclic) bond motifs is 1. The smallest absolute Gasteiger partial charge is 0.251 e. The molecule has 4 aromatic rings. The molecule has 28 heavy (non-hydrogen) atoms. The Kier molecular flexibility index (Phi) is 5.44. The van der Waals surface area contributed by atoms with Crippen LogP contribution in [0.5, 0.6) is 5.75 Å². The van der Waals surface area contributed by atoms with Gasteiger partial charge < -0.3 is 15.4 Å². The first-order valence-electron chi connectivity index (χ1n) is 8.82. The van der Waals surface area contributed by atoms with Gasteiger partial charge in [-0.1, -0.05) is 29.5 Å². The normalized spacial score (nSPS) is 10.6. The summed E-state index contributed by atoms with van der Waals surface area (Å²) in [5.41, 5.74) is 2.38. The van der Waals surface area contributed by atoms with Crippen LogP contribution >= 0.6 is 11.3 Å². The molecule has 0 aliphatic carbocycles. The lowest BCUT2D eigenvalue weighted by atomic mass is 10.2. The lowest BCUT2D eigenvalue weighted by molar-refractivity contribution is 0.0947. The van der Waals surface area contributed by atoms with Crippen LogP contribution in [-0.4, -0.2) is 29.0 Å². The molecule has 2 aromatic carbocycles. The predicted octanol–water partition coefficient (Wildman–Crippen LogP) is 4.24. The zero-order valence-corrected chi connectivity index (χ0v) is 15.8. The SMILES string of the molecule is O=C(NCCOc1ccccc1)c1ccc2nc(Nc3ccncc3)sc2c1. The molecule has 0 atom stereocenters. The maximum atomic E-state index is 12.4. The van der Waals surface area contributed by atoms with E-state index < -0.39 is 0 Å². The molecule has 1 amide bonds. The molecule has 140 valence electrons. The van der Waals surface area contributed by atoms with Crippen LogP contribution < -0.4 is 15.4 Å². The molecule has 2 heterocycles. The number of amides is 1. The average molecular weight is 390 g/mol. The molecule has 0 saturated heterocycles. The lowest BCUT2D eigenvalue weighted by Crippen LogP contribution is -2.28. The van der Waals surface area contributed by atoms with Gasteiger partial charge in [-0.05, 0) is 42.5 Å². The Morgan fingerprint density at radius 1 is 1.04 bits per heavy atom. The van der Waals surface area contributed by atoms with E-state index in [1.165, 1.54) is 11.3 Å². The summed E-state index contributed by atoms with van der Waals surface area (Å²) in [5, 5.41) is 6.90. The number of nitrogens with zero attached hydrogens (tertiary/aromatic N) is 2. The molecule has 2 aromatic heterocycles. The Morgan fingerprint density at radius 3 is 2.68 bits per heavy atom. The summed E-state index contributed by atoms with van der Waals surface area (Å²) in [6.07, 6.45) is 3.44. The Bertz CT molecular complexity index is 1070. The Balaban J connectivity index is 1.36. The summed E-state index contributed by atoms with van der Waals surface area (Å²) >= 11 is 1.50. The van der Waals surface area contributed by atoms with E-state index in [-0.39, 0.29) is 5.91 Å². The number of rotatable bonds is 7. The van der Waals surface area contributed by atoms with E-state index in [1.807, 2.05) is 54.6 Å². The van der Waals surface area contributed by atoms with E-state index in [9.17, 15) is 4.79 Å². The second-order valence-electron chi connectivity index (χ2n) is 5.98. The molecule has 0 unspecified atom stereocenters. The molecular formula is C21H18N4O2S. The Labute approximate surface area is 166 Å². The molecule has 0 aliphatic rings. The van der Waals surface area contributed by atoms with Gasteiger partial charge in [-0.25, -0.2) is 4.98 Å². The predicted molar refractivity (Wildman–Crippen MR) is 111 cm³/mol. The number of benzene rings is 2. The number of carbonyl (C=O) groups excluding carboxylic acids is 1. The van der Waals surface area contributed by atoms with Crippen molar-refractivity contribution in [3.63, 3.8) is 0 Å². The van der Waals surface area contributed by atoms with Gasteiger partial charge in [0.25, 0.3) is 5.91 Å². The lowest BCUT2D eigenvalue weighted by Gasteiger charge is -2.07. The van der Waals surface area contributed by atoms with Crippen LogP contribution in [0.3, 0.4) is 0 Å². The summed E-state index contributed by atoms with van der Waals surface area (Å²) in [5.74, 6) is 0.660. The maximum absolute atomic E-state index is 12.4. The molecular weight excluding hydrogens is 372 g/mol. The minimum atomic E-state index is -0.129. The third-order valence-corrected chi connectivity index (χ3v) is 4.92. The van der Waals surface area contributed by atoms with E-state index in [2.05, 4.69) is 20.6 Å². The second-order valence-corrected chi connectivity index (χ2v) is 7.01. The van der Waals surface area contributed by atoms with Crippen LogP contribution in [0.4, 0.5) is 10.8 Å². The molecule has 4 rings (SSSR count). The largest absolute Gasteiger partial charge is 0.492 e. The van der Waals surface area contributed by atoms with E-state index in [0.29, 0.717) is 18.7 Å². The van der Waals surface area contributed by atoms with Crippen LogP contribution in [0.25, 0.3) is 10.2 Å².